The fourth-order valence-corrected chi connectivity index (χ4v) is 3.58. The van der Waals surface area contributed by atoms with Crippen LogP contribution in [0.15, 0.2) is 29.2 Å². The van der Waals surface area contributed by atoms with Crippen molar-refractivity contribution in [3.63, 3.8) is 0 Å². The van der Waals surface area contributed by atoms with Gasteiger partial charge in [0.1, 0.15) is 4.90 Å². The summed E-state index contributed by atoms with van der Waals surface area (Å²) in [5, 5.41) is 9.20. The molecule has 6 heteroatoms. The van der Waals surface area contributed by atoms with Crippen molar-refractivity contribution in [1.29, 1.82) is 0 Å². The molecule has 0 bridgehead atoms. The highest BCUT2D eigenvalue weighted by atomic mass is 32.2. The molecule has 0 spiro atoms. The van der Waals surface area contributed by atoms with Gasteiger partial charge < -0.3 is 5.11 Å². The van der Waals surface area contributed by atoms with Gasteiger partial charge in [0.05, 0.1) is 5.56 Å². The van der Waals surface area contributed by atoms with Crippen LogP contribution in [0, 0.1) is 5.41 Å². The van der Waals surface area contributed by atoms with E-state index in [4.69, 9.17) is 0 Å². The molecule has 1 heterocycles. The lowest BCUT2D eigenvalue weighted by atomic mass is 9.95. The summed E-state index contributed by atoms with van der Waals surface area (Å²) in [6.45, 7) is 3.19. The Morgan fingerprint density at radius 2 is 1.89 bits per heavy atom. The third-order valence-corrected chi connectivity index (χ3v) is 4.70. The first-order valence-electron chi connectivity index (χ1n) is 5.56. The average Bonchev–Trinajstić information content (AvgIpc) is 2.51. The number of amides is 1. The van der Waals surface area contributed by atoms with Gasteiger partial charge in [-0.15, -0.1) is 0 Å². The van der Waals surface area contributed by atoms with Gasteiger partial charge in [-0.1, -0.05) is 26.0 Å². The van der Waals surface area contributed by atoms with Gasteiger partial charge in [-0.2, -0.15) is 0 Å². The van der Waals surface area contributed by atoms with E-state index in [0.29, 0.717) is 0 Å². The van der Waals surface area contributed by atoms with Crippen LogP contribution in [-0.2, 0) is 10.0 Å². The fraction of sp³-hybridized carbons (Fsp3) is 0.417. The minimum atomic E-state index is -3.77. The summed E-state index contributed by atoms with van der Waals surface area (Å²) in [6.07, 6.45) is 0. The summed E-state index contributed by atoms with van der Waals surface area (Å²) >= 11 is 0. The molecule has 0 aromatic heterocycles. The van der Waals surface area contributed by atoms with E-state index in [2.05, 4.69) is 0 Å². The lowest BCUT2D eigenvalue weighted by molar-refractivity contribution is 0.0781. The molecule has 0 radical (unpaired) electrons. The number of carbonyl (C=O) groups excluding carboxylic acids is 1. The molecule has 1 aromatic rings. The molecule has 0 unspecified atom stereocenters. The summed E-state index contributed by atoms with van der Waals surface area (Å²) in [4.78, 5) is 12.1. The Morgan fingerprint density at radius 3 is 2.44 bits per heavy atom. The first kappa shape index (κ1) is 13.0. The number of aliphatic hydroxyl groups excluding tert-OH is 1. The number of carbonyl (C=O) groups is 1. The summed E-state index contributed by atoms with van der Waals surface area (Å²) < 4.78 is 25.3. The Bertz CT molecular complexity index is 592. The zero-order chi connectivity index (χ0) is 13.6. The van der Waals surface area contributed by atoms with E-state index in [-0.39, 0.29) is 23.6 Å². The molecule has 0 atom stereocenters. The SMILES string of the molecule is CC(C)(CO)CN1C(=O)c2ccccc2S1(=O)=O. The standard InChI is InChI=1S/C12H15NO4S/c1-12(2,8-14)7-13-11(15)9-5-3-4-6-10(9)18(13,16)17/h3-6,14H,7-8H2,1-2H3. The molecule has 2 rings (SSSR count). The summed E-state index contributed by atoms with van der Waals surface area (Å²) in [5.74, 6) is -0.521. The number of sulfonamides is 1. The Labute approximate surface area is 106 Å². The Hall–Kier alpha value is -1.40. The van der Waals surface area contributed by atoms with Crippen molar-refractivity contribution in [2.24, 2.45) is 5.41 Å². The molecule has 5 nitrogen and oxygen atoms in total. The lowest BCUT2D eigenvalue weighted by Crippen LogP contribution is -2.40. The summed E-state index contributed by atoms with van der Waals surface area (Å²) in [5.41, 5.74) is -0.462. The second kappa shape index (κ2) is 4.07. The van der Waals surface area contributed by atoms with E-state index in [1.54, 1.807) is 26.0 Å². The number of fused-ring (bicyclic) bond motifs is 1. The van der Waals surface area contributed by atoms with Crippen LogP contribution < -0.4 is 0 Å². The van der Waals surface area contributed by atoms with Crippen molar-refractivity contribution < 1.29 is 18.3 Å². The molecule has 0 saturated carbocycles. The quantitative estimate of drug-likeness (QED) is 0.882. The van der Waals surface area contributed by atoms with Crippen molar-refractivity contribution >= 4 is 15.9 Å². The molecule has 1 aromatic carbocycles. The van der Waals surface area contributed by atoms with Crippen LogP contribution >= 0.6 is 0 Å². The van der Waals surface area contributed by atoms with Gasteiger partial charge in [0.25, 0.3) is 15.9 Å². The number of hydrogen-bond donors (Lipinski definition) is 1. The third kappa shape index (κ3) is 1.91. The van der Waals surface area contributed by atoms with Gasteiger partial charge in [0.15, 0.2) is 0 Å². The number of rotatable bonds is 3. The van der Waals surface area contributed by atoms with Crippen LogP contribution in [0.1, 0.15) is 24.2 Å². The predicted molar refractivity (Wildman–Crippen MR) is 65.5 cm³/mol. The highest BCUT2D eigenvalue weighted by molar-refractivity contribution is 7.90. The number of hydrogen-bond acceptors (Lipinski definition) is 4. The highest BCUT2D eigenvalue weighted by Gasteiger charge is 2.42. The van der Waals surface area contributed by atoms with Crippen LogP contribution in [-0.4, -0.2) is 36.9 Å². The van der Waals surface area contributed by atoms with Crippen molar-refractivity contribution in [3.8, 4) is 0 Å². The van der Waals surface area contributed by atoms with Crippen LogP contribution in [0.25, 0.3) is 0 Å². The highest BCUT2D eigenvalue weighted by Crippen LogP contribution is 2.32. The van der Waals surface area contributed by atoms with Crippen LogP contribution in [0.2, 0.25) is 0 Å². The summed E-state index contributed by atoms with van der Waals surface area (Å²) in [7, 11) is -3.77. The maximum absolute atomic E-state index is 12.2. The minimum absolute atomic E-state index is 0.0284. The van der Waals surface area contributed by atoms with Crippen molar-refractivity contribution in [1.82, 2.24) is 4.31 Å². The first-order chi connectivity index (χ1) is 8.29. The van der Waals surface area contributed by atoms with Gasteiger partial charge >= 0.3 is 0 Å². The maximum atomic E-state index is 12.2. The smallest absolute Gasteiger partial charge is 0.269 e. The van der Waals surface area contributed by atoms with E-state index in [9.17, 15) is 18.3 Å². The van der Waals surface area contributed by atoms with Crippen molar-refractivity contribution in [2.75, 3.05) is 13.2 Å². The van der Waals surface area contributed by atoms with E-state index in [1.165, 1.54) is 12.1 Å². The predicted octanol–water partition coefficient (Wildman–Crippen LogP) is 0.850. The topological polar surface area (TPSA) is 74.7 Å². The van der Waals surface area contributed by atoms with Crippen LogP contribution in [0.3, 0.4) is 0 Å². The molecule has 1 aliphatic heterocycles. The van der Waals surface area contributed by atoms with Gasteiger partial charge in [0.2, 0.25) is 0 Å². The minimum Gasteiger partial charge on any atom is -0.396 e. The number of aliphatic hydroxyl groups is 1. The normalized spacial score (nSPS) is 17.9. The van der Waals surface area contributed by atoms with E-state index in [0.717, 1.165) is 4.31 Å². The first-order valence-corrected chi connectivity index (χ1v) is 7.00. The number of nitrogens with zero attached hydrogens (tertiary/aromatic N) is 1. The van der Waals surface area contributed by atoms with E-state index >= 15 is 0 Å². The van der Waals surface area contributed by atoms with Gasteiger partial charge in [-0.05, 0) is 12.1 Å². The summed E-state index contributed by atoms with van der Waals surface area (Å²) in [6, 6.07) is 6.15. The Kier molecular flexibility index (Phi) is 2.95. The largest absolute Gasteiger partial charge is 0.396 e. The van der Waals surface area contributed by atoms with Gasteiger partial charge in [0, 0.05) is 18.6 Å². The maximum Gasteiger partial charge on any atom is 0.269 e. The van der Waals surface area contributed by atoms with Crippen molar-refractivity contribution in [2.45, 2.75) is 18.7 Å². The molecule has 0 fully saturated rings. The van der Waals surface area contributed by atoms with Crippen molar-refractivity contribution in [3.05, 3.63) is 29.8 Å². The van der Waals surface area contributed by atoms with Crippen LogP contribution in [0.5, 0.6) is 0 Å². The molecule has 1 aliphatic rings. The average molecular weight is 269 g/mol. The zero-order valence-electron chi connectivity index (χ0n) is 10.3. The molecule has 1 N–H and O–H groups in total. The lowest BCUT2D eigenvalue weighted by Gasteiger charge is -2.27. The molecular formula is C12H15NO4S. The second-order valence-electron chi connectivity index (χ2n) is 5.14. The monoisotopic (exact) mass is 269 g/mol. The third-order valence-electron chi connectivity index (χ3n) is 2.91. The molecule has 18 heavy (non-hydrogen) atoms. The van der Waals surface area contributed by atoms with E-state index < -0.39 is 21.3 Å². The second-order valence-corrected chi connectivity index (χ2v) is 6.97. The molecule has 98 valence electrons. The Morgan fingerprint density at radius 1 is 1.28 bits per heavy atom. The van der Waals surface area contributed by atoms with Gasteiger partial charge in [-0.25, -0.2) is 12.7 Å². The molecule has 1 amide bonds. The molecular weight excluding hydrogens is 254 g/mol. The molecule has 0 saturated heterocycles. The fourth-order valence-electron chi connectivity index (χ4n) is 1.83. The van der Waals surface area contributed by atoms with Gasteiger partial charge in [-0.3, -0.25) is 4.79 Å². The molecule has 0 aliphatic carbocycles. The van der Waals surface area contributed by atoms with E-state index in [1.807, 2.05) is 0 Å². The zero-order valence-corrected chi connectivity index (χ0v) is 11.1. The number of benzene rings is 1. The van der Waals surface area contributed by atoms with Crippen LogP contribution in [0.4, 0.5) is 0 Å². The Balaban J connectivity index is 2.46.